The van der Waals surface area contributed by atoms with Gasteiger partial charge in [-0.3, -0.25) is 10.1 Å². The minimum Gasteiger partial charge on any atom is -0.351 e. The maximum atomic E-state index is 10.4. The number of hydrogen-bond acceptors (Lipinski definition) is 2. The number of imide groups is 1. The summed E-state index contributed by atoms with van der Waals surface area (Å²) in [7, 11) is 0. The van der Waals surface area contributed by atoms with E-state index in [1.54, 1.807) is 0 Å². The SMILES string of the molecule is C[C@@H](Cl)C(=O)NC(N)=O. The lowest BCUT2D eigenvalue weighted by atomic mass is 10.4. The molecule has 0 aromatic heterocycles. The molecule has 0 aromatic rings. The first-order chi connectivity index (χ1) is 4.04. The zero-order valence-electron chi connectivity index (χ0n) is 4.85. The molecule has 5 heteroatoms. The minimum atomic E-state index is -0.882. The minimum absolute atomic E-state index is 0.579. The zero-order chi connectivity index (χ0) is 7.44. The molecule has 0 fully saturated rings. The van der Waals surface area contributed by atoms with Crippen LogP contribution in [-0.4, -0.2) is 17.3 Å². The van der Waals surface area contributed by atoms with Gasteiger partial charge in [0.05, 0.1) is 0 Å². The van der Waals surface area contributed by atoms with Crippen LogP contribution < -0.4 is 11.1 Å². The van der Waals surface area contributed by atoms with Gasteiger partial charge in [-0.05, 0) is 6.92 Å². The standard InChI is InChI=1S/C4H7ClN2O2/c1-2(5)3(8)7-4(6)9/h2H,1H3,(H3,6,7,8,9)/t2-/m1/s1. The molecule has 1 atom stereocenters. The molecule has 0 spiro atoms. The summed E-state index contributed by atoms with van der Waals surface area (Å²) in [6.45, 7) is 1.44. The Morgan fingerprint density at radius 3 is 2.22 bits per heavy atom. The van der Waals surface area contributed by atoms with Crippen LogP contribution in [-0.2, 0) is 4.79 Å². The highest BCUT2D eigenvalue weighted by atomic mass is 35.5. The Hall–Kier alpha value is -0.770. The number of alkyl halides is 1. The molecule has 0 radical (unpaired) electrons. The number of primary amides is 1. The number of rotatable bonds is 1. The molecule has 3 N–H and O–H groups in total. The Morgan fingerprint density at radius 1 is 1.67 bits per heavy atom. The normalized spacial score (nSPS) is 12.2. The molecule has 0 saturated heterocycles. The molecule has 0 aliphatic carbocycles. The fourth-order valence-electron chi connectivity index (χ4n) is 0.221. The monoisotopic (exact) mass is 150 g/mol. The Kier molecular flexibility index (Phi) is 3.01. The van der Waals surface area contributed by atoms with E-state index in [4.69, 9.17) is 11.6 Å². The van der Waals surface area contributed by atoms with Crippen molar-refractivity contribution in [1.82, 2.24) is 5.32 Å². The molecule has 4 nitrogen and oxygen atoms in total. The lowest BCUT2D eigenvalue weighted by Gasteiger charge is -1.99. The average Bonchev–Trinajstić information content (AvgIpc) is 1.63. The van der Waals surface area contributed by atoms with Crippen LogP contribution in [0.5, 0.6) is 0 Å². The first kappa shape index (κ1) is 8.23. The Balaban J connectivity index is 3.64. The highest BCUT2D eigenvalue weighted by Crippen LogP contribution is 1.90. The lowest BCUT2D eigenvalue weighted by Crippen LogP contribution is -2.38. The van der Waals surface area contributed by atoms with Crippen LogP contribution in [0.1, 0.15) is 6.92 Å². The first-order valence-corrected chi connectivity index (χ1v) is 2.72. The van der Waals surface area contributed by atoms with Crippen LogP contribution in [0, 0.1) is 0 Å². The van der Waals surface area contributed by atoms with Gasteiger partial charge in [-0.25, -0.2) is 4.79 Å². The van der Waals surface area contributed by atoms with Gasteiger partial charge in [0, 0.05) is 0 Å². The van der Waals surface area contributed by atoms with Gasteiger partial charge in [0.1, 0.15) is 5.38 Å². The molecule has 0 saturated carbocycles. The largest absolute Gasteiger partial charge is 0.351 e. The van der Waals surface area contributed by atoms with Crippen molar-refractivity contribution in [2.24, 2.45) is 5.73 Å². The van der Waals surface area contributed by atoms with Gasteiger partial charge in [-0.2, -0.15) is 0 Å². The van der Waals surface area contributed by atoms with E-state index in [0.29, 0.717) is 0 Å². The van der Waals surface area contributed by atoms with Crippen molar-refractivity contribution in [1.29, 1.82) is 0 Å². The van der Waals surface area contributed by atoms with Crippen molar-refractivity contribution in [2.75, 3.05) is 0 Å². The van der Waals surface area contributed by atoms with E-state index in [2.05, 4.69) is 5.73 Å². The molecule has 0 rings (SSSR count). The molecular weight excluding hydrogens is 144 g/mol. The summed E-state index contributed by atoms with van der Waals surface area (Å²) in [5.41, 5.74) is 4.60. The molecule has 0 unspecified atom stereocenters. The highest BCUT2D eigenvalue weighted by molar-refractivity contribution is 6.31. The third-order valence-electron chi connectivity index (χ3n) is 0.608. The molecule has 52 valence electrons. The van der Waals surface area contributed by atoms with Crippen LogP contribution in [0.4, 0.5) is 4.79 Å². The number of nitrogens with one attached hydrogen (secondary N) is 1. The fraction of sp³-hybridized carbons (Fsp3) is 0.500. The summed E-state index contributed by atoms with van der Waals surface area (Å²) in [5.74, 6) is -0.579. The Bertz CT molecular complexity index is 135. The summed E-state index contributed by atoms with van der Waals surface area (Å²) in [4.78, 5) is 20.4. The van der Waals surface area contributed by atoms with Crippen molar-refractivity contribution >= 4 is 23.5 Å². The molecule has 0 aliphatic heterocycles. The maximum Gasteiger partial charge on any atom is 0.318 e. The smallest absolute Gasteiger partial charge is 0.318 e. The summed E-state index contributed by atoms with van der Waals surface area (Å²) < 4.78 is 0. The van der Waals surface area contributed by atoms with Crippen LogP contribution in [0.15, 0.2) is 0 Å². The second kappa shape index (κ2) is 3.29. The predicted octanol–water partition coefficient (Wildman–Crippen LogP) is -0.191. The van der Waals surface area contributed by atoms with Gasteiger partial charge in [-0.15, -0.1) is 11.6 Å². The lowest BCUT2D eigenvalue weighted by molar-refractivity contribution is -0.119. The van der Waals surface area contributed by atoms with E-state index < -0.39 is 17.3 Å². The number of hydrogen-bond donors (Lipinski definition) is 2. The first-order valence-electron chi connectivity index (χ1n) is 2.28. The molecule has 9 heavy (non-hydrogen) atoms. The van der Waals surface area contributed by atoms with Crippen molar-refractivity contribution in [3.63, 3.8) is 0 Å². The molecule has 0 heterocycles. The second-order valence-corrected chi connectivity index (χ2v) is 2.12. The van der Waals surface area contributed by atoms with Crippen molar-refractivity contribution in [2.45, 2.75) is 12.3 Å². The summed E-state index contributed by atoms with van der Waals surface area (Å²) in [6, 6.07) is -0.882. The number of nitrogens with two attached hydrogens (primary N) is 1. The quantitative estimate of drug-likeness (QED) is 0.509. The number of carbonyl (C=O) groups is 2. The molecule has 3 amide bonds. The van der Waals surface area contributed by atoms with E-state index in [9.17, 15) is 9.59 Å². The fourth-order valence-corrected chi connectivity index (χ4v) is 0.275. The van der Waals surface area contributed by atoms with Gasteiger partial charge in [0.15, 0.2) is 0 Å². The van der Waals surface area contributed by atoms with Crippen molar-refractivity contribution < 1.29 is 9.59 Å². The van der Waals surface area contributed by atoms with Crippen LogP contribution in [0.2, 0.25) is 0 Å². The van der Waals surface area contributed by atoms with E-state index in [-0.39, 0.29) is 0 Å². The Labute approximate surface area is 57.4 Å². The third-order valence-corrected chi connectivity index (χ3v) is 0.806. The zero-order valence-corrected chi connectivity index (χ0v) is 5.61. The van der Waals surface area contributed by atoms with E-state index in [0.717, 1.165) is 0 Å². The van der Waals surface area contributed by atoms with Crippen LogP contribution in [0.25, 0.3) is 0 Å². The Morgan fingerprint density at radius 2 is 2.11 bits per heavy atom. The topological polar surface area (TPSA) is 72.2 Å². The number of urea groups is 1. The van der Waals surface area contributed by atoms with Gasteiger partial charge in [0.2, 0.25) is 5.91 Å². The van der Waals surface area contributed by atoms with Crippen LogP contribution in [0.3, 0.4) is 0 Å². The number of halogens is 1. The van der Waals surface area contributed by atoms with Crippen LogP contribution >= 0.6 is 11.6 Å². The van der Waals surface area contributed by atoms with E-state index in [1.165, 1.54) is 6.92 Å². The molecular formula is C4H7ClN2O2. The molecule has 0 aromatic carbocycles. The second-order valence-electron chi connectivity index (χ2n) is 1.47. The number of carbonyl (C=O) groups excluding carboxylic acids is 2. The summed E-state index contributed by atoms with van der Waals surface area (Å²) >= 11 is 5.25. The van der Waals surface area contributed by atoms with Gasteiger partial charge < -0.3 is 5.73 Å². The van der Waals surface area contributed by atoms with Gasteiger partial charge in [-0.1, -0.05) is 0 Å². The molecule has 0 bridgehead atoms. The summed E-state index contributed by atoms with van der Waals surface area (Å²) in [6.07, 6.45) is 0. The maximum absolute atomic E-state index is 10.4. The van der Waals surface area contributed by atoms with Crippen molar-refractivity contribution in [3.8, 4) is 0 Å². The predicted molar refractivity (Wildman–Crippen MR) is 33.0 cm³/mol. The number of amides is 3. The van der Waals surface area contributed by atoms with Crippen molar-refractivity contribution in [3.05, 3.63) is 0 Å². The van der Waals surface area contributed by atoms with Gasteiger partial charge in [0.25, 0.3) is 0 Å². The molecule has 0 aliphatic rings. The summed E-state index contributed by atoms with van der Waals surface area (Å²) in [5, 5.41) is 1.09. The highest BCUT2D eigenvalue weighted by Gasteiger charge is 2.09. The average molecular weight is 151 g/mol. The van der Waals surface area contributed by atoms with Gasteiger partial charge >= 0.3 is 6.03 Å². The van der Waals surface area contributed by atoms with E-state index in [1.807, 2.05) is 5.32 Å². The van der Waals surface area contributed by atoms with E-state index >= 15 is 0 Å². The third kappa shape index (κ3) is 3.78.